The molecule has 0 heterocycles. The molecule has 0 rings (SSSR count). The summed E-state index contributed by atoms with van der Waals surface area (Å²) in [5.74, 6) is 0. The third-order valence-electron chi connectivity index (χ3n) is 1.09. The Bertz CT molecular complexity index is 139. The Balaban J connectivity index is 3.68. The molecule has 0 saturated carbocycles. The number of hydrogen-bond donors (Lipinski definition) is 2. The summed E-state index contributed by atoms with van der Waals surface area (Å²) in [7, 11) is 0. The van der Waals surface area contributed by atoms with Gasteiger partial charge in [-0.1, -0.05) is 0 Å². The molecule has 0 fully saturated rings. The number of aliphatic hydroxyl groups is 1. The molecule has 0 amide bonds. The molecule has 0 radical (unpaired) electrons. The van der Waals surface area contributed by atoms with Crippen LogP contribution in [-0.2, 0) is 14.3 Å². The summed E-state index contributed by atoms with van der Waals surface area (Å²) in [5, 5.41) is 8.56. The van der Waals surface area contributed by atoms with Crippen LogP contribution >= 0.6 is 0 Å². The van der Waals surface area contributed by atoms with Crippen LogP contribution in [0.3, 0.4) is 0 Å². The first-order valence-electron chi connectivity index (χ1n) is 3.06. The van der Waals surface area contributed by atoms with E-state index in [1.54, 1.807) is 0 Å². The van der Waals surface area contributed by atoms with Crippen LogP contribution in [0, 0.1) is 0 Å². The SMILES string of the molecule is N[C@@](C=O)(CO)COCC=O. The number of ether oxygens (including phenoxy) is 1. The lowest BCUT2D eigenvalue weighted by Gasteiger charge is -2.18. The second kappa shape index (κ2) is 4.95. The molecule has 0 aromatic heterocycles. The predicted molar refractivity (Wildman–Crippen MR) is 37.0 cm³/mol. The fraction of sp³-hybridized carbons (Fsp3) is 0.667. The van der Waals surface area contributed by atoms with E-state index in [2.05, 4.69) is 4.74 Å². The maximum atomic E-state index is 10.2. The van der Waals surface area contributed by atoms with E-state index in [1.807, 2.05) is 0 Å². The van der Waals surface area contributed by atoms with Crippen LogP contribution in [0.5, 0.6) is 0 Å². The summed E-state index contributed by atoms with van der Waals surface area (Å²) in [6.45, 7) is -0.756. The summed E-state index contributed by atoms with van der Waals surface area (Å²) in [5.41, 5.74) is 3.91. The molecular weight excluding hydrogens is 150 g/mol. The van der Waals surface area contributed by atoms with Crippen molar-refractivity contribution >= 4 is 12.6 Å². The van der Waals surface area contributed by atoms with Crippen LogP contribution in [0.4, 0.5) is 0 Å². The quantitative estimate of drug-likeness (QED) is 0.350. The van der Waals surface area contributed by atoms with Gasteiger partial charge >= 0.3 is 0 Å². The number of carbonyl (C=O) groups is 2. The van der Waals surface area contributed by atoms with Gasteiger partial charge in [0.25, 0.3) is 0 Å². The van der Waals surface area contributed by atoms with Crippen molar-refractivity contribution in [2.45, 2.75) is 5.54 Å². The fourth-order valence-corrected chi connectivity index (χ4v) is 0.414. The highest BCUT2D eigenvalue weighted by Gasteiger charge is 2.23. The Morgan fingerprint density at radius 3 is 2.55 bits per heavy atom. The van der Waals surface area contributed by atoms with Gasteiger partial charge in [0.15, 0.2) is 0 Å². The number of aldehydes is 2. The number of rotatable bonds is 6. The molecule has 3 N–H and O–H groups in total. The highest BCUT2D eigenvalue weighted by atomic mass is 16.5. The average Bonchev–Trinajstić information content (AvgIpc) is 2.05. The Kier molecular flexibility index (Phi) is 4.60. The van der Waals surface area contributed by atoms with Crippen LogP contribution < -0.4 is 5.73 Å². The molecule has 0 aromatic rings. The number of carbonyl (C=O) groups excluding carboxylic acids is 2. The average molecular weight is 161 g/mol. The van der Waals surface area contributed by atoms with Crippen molar-refractivity contribution in [2.24, 2.45) is 5.73 Å². The van der Waals surface area contributed by atoms with E-state index < -0.39 is 12.1 Å². The lowest BCUT2D eigenvalue weighted by atomic mass is 10.1. The maximum Gasteiger partial charge on any atom is 0.145 e. The van der Waals surface area contributed by atoms with Crippen LogP contribution in [0.25, 0.3) is 0 Å². The molecule has 5 heteroatoms. The van der Waals surface area contributed by atoms with Gasteiger partial charge in [-0.2, -0.15) is 0 Å². The number of aliphatic hydroxyl groups excluding tert-OH is 1. The molecule has 64 valence electrons. The van der Waals surface area contributed by atoms with E-state index in [1.165, 1.54) is 0 Å². The van der Waals surface area contributed by atoms with E-state index in [4.69, 9.17) is 10.8 Å². The van der Waals surface area contributed by atoms with Crippen molar-refractivity contribution in [1.29, 1.82) is 0 Å². The molecule has 5 nitrogen and oxygen atoms in total. The minimum absolute atomic E-state index is 0.118. The third-order valence-corrected chi connectivity index (χ3v) is 1.09. The fourth-order valence-electron chi connectivity index (χ4n) is 0.414. The van der Waals surface area contributed by atoms with Gasteiger partial charge in [0.2, 0.25) is 0 Å². The molecule has 0 aliphatic heterocycles. The monoisotopic (exact) mass is 161 g/mol. The van der Waals surface area contributed by atoms with E-state index in [0.717, 1.165) is 0 Å². The molecule has 0 unspecified atom stereocenters. The highest BCUT2D eigenvalue weighted by Crippen LogP contribution is 1.94. The normalized spacial score (nSPS) is 15.5. The van der Waals surface area contributed by atoms with Crippen molar-refractivity contribution in [3.8, 4) is 0 Å². The first kappa shape index (κ1) is 10.2. The minimum atomic E-state index is -1.37. The third kappa shape index (κ3) is 3.82. The van der Waals surface area contributed by atoms with Gasteiger partial charge in [-0.25, -0.2) is 0 Å². The Labute approximate surface area is 64.1 Å². The molecule has 0 saturated heterocycles. The van der Waals surface area contributed by atoms with Crippen molar-refractivity contribution in [3.05, 3.63) is 0 Å². The summed E-state index contributed by atoms with van der Waals surface area (Å²) < 4.78 is 4.65. The van der Waals surface area contributed by atoms with E-state index in [-0.39, 0.29) is 13.2 Å². The molecule has 0 bridgehead atoms. The Morgan fingerprint density at radius 1 is 1.55 bits per heavy atom. The van der Waals surface area contributed by atoms with Crippen LogP contribution in [0.2, 0.25) is 0 Å². The zero-order chi connectivity index (χ0) is 8.74. The second-order valence-corrected chi connectivity index (χ2v) is 2.19. The largest absolute Gasteiger partial charge is 0.394 e. The van der Waals surface area contributed by atoms with E-state index in [9.17, 15) is 9.59 Å². The molecule has 0 aliphatic carbocycles. The first-order chi connectivity index (χ1) is 5.18. The smallest absolute Gasteiger partial charge is 0.145 e. The summed E-state index contributed by atoms with van der Waals surface area (Å²) in [6.07, 6.45) is 0.945. The van der Waals surface area contributed by atoms with Gasteiger partial charge < -0.3 is 25.2 Å². The second-order valence-electron chi connectivity index (χ2n) is 2.19. The predicted octanol–water partition coefficient (Wildman–Crippen LogP) is -1.91. The van der Waals surface area contributed by atoms with E-state index >= 15 is 0 Å². The molecule has 0 spiro atoms. The van der Waals surface area contributed by atoms with Crippen molar-refractivity contribution in [3.63, 3.8) is 0 Å². The van der Waals surface area contributed by atoms with E-state index in [0.29, 0.717) is 12.6 Å². The number of nitrogens with two attached hydrogens (primary N) is 1. The van der Waals surface area contributed by atoms with Crippen molar-refractivity contribution in [2.75, 3.05) is 19.8 Å². The van der Waals surface area contributed by atoms with Gasteiger partial charge in [0.05, 0.1) is 13.2 Å². The highest BCUT2D eigenvalue weighted by molar-refractivity contribution is 5.64. The summed E-state index contributed by atoms with van der Waals surface area (Å²) in [4.78, 5) is 19.9. The molecule has 1 atom stereocenters. The van der Waals surface area contributed by atoms with Gasteiger partial charge in [-0.3, -0.25) is 0 Å². The van der Waals surface area contributed by atoms with Crippen LogP contribution in [-0.4, -0.2) is 43.0 Å². The molecule has 0 aromatic carbocycles. The zero-order valence-corrected chi connectivity index (χ0v) is 6.03. The summed E-state index contributed by atoms with van der Waals surface area (Å²) >= 11 is 0. The summed E-state index contributed by atoms with van der Waals surface area (Å²) in [6, 6.07) is 0. The van der Waals surface area contributed by atoms with Gasteiger partial charge in [0, 0.05) is 0 Å². The van der Waals surface area contributed by atoms with Crippen LogP contribution in [0.1, 0.15) is 0 Å². The first-order valence-corrected chi connectivity index (χ1v) is 3.06. The van der Waals surface area contributed by atoms with Gasteiger partial charge in [-0.05, 0) is 0 Å². The standard InChI is InChI=1S/C6H11NO4/c7-6(3-9,4-10)5-11-2-1-8/h1,3,10H,2,4-5,7H2/t6-/m0/s1. The van der Waals surface area contributed by atoms with Gasteiger partial charge in [-0.15, -0.1) is 0 Å². The maximum absolute atomic E-state index is 10.2. The van der Waals surface area contributed by atoms with Crippen molar-refractivity contribution in [1.82, 2.24) is 0 Å². The topological polar surface area (TPSA) is 89.6 Å². The molecule has 0 aliphatic rings. The number of hydrogen-bond acceptors (Lipinski definition) is 5. The van der Waals surface area contributed by atoms with Crippen LogP contribution in [0.15, 0.2) is 0 Å². The molecular formula is C6H11NO4. The molecule has 11 heavy (non-hydrogen) atoms. The van der Waals surface area contributed by atoms with Gasteiger partial charge in [0.1, 0.15) is 24.7 Å². The Hall–Kier alpha value is -0.780. The zero-order valence-electron chi connectivity index (χ0n) is 6.03. The Morgan fingerprint density at radius 2 is 2.18 bits per heavy atom. The lowest BCUT2D eigenvalue weighted by Crippen LogP contribution is -2.49. The van der Waals surface area contributed by atoms with Crippen molar-refractivity contribution < 1.29 is 19.4 Å². The minimum Gasteiger partial charge on any atom is -0.394 e. The lowest BCUT2D eigenvalue weighted by molar-refractivity contribution is -0.119.